The highest BCUT2D eigenvalue weighted by atomic mass is 35.5. The third-order valence-electron chi connectivity index (χ3n) is 4.57. The van der Waals surface area contributed by atoms with Crippen LogP contribution in [-0.2, 0) is 6.54 Å². The van der Waals surface area contributed by atoms with E-state index in [0.29, 0.717) is 0 Å². The summed E-state index contributed by atoms with van der Waals surface area (Å²) in [5, 5.41) is 3.74. The molecule has 118 valence electrons. The lowest BCUT2D eigenvalue weighted by atomic mass is 10.0. The van der Waals surface area contributed by atoms with Crippen molar-refractivity contribution < 1.29 is 4.74 Å². The van der Waals surface area contributed by atoms with Gasteiger partial charge in [-0.2, -0.15) is 0 Å². The molecule has 0 unspecified atom stereocenters. The van der Waals surface area contributed by atoms with Crippen molar-refractivity contribution >= 4 is 12.4 Å². The van der Waals surface area contributed by atoms with Gasteiger partial charge in [0.05, 0.1) is 7.11 Å². The van der Waals surface area contributed by atoms with Crippen LogP contribution in [0.1, 0.15) is 31.2 Å². The van der Waals surface area contributed by atoms with Crippen LogP contribution < -0.4 is 10.1 Å². The summed E-state index contributed by atoms with van der Waals surface area (Å²) in [7, 11) is 1.76. The van der Waals surface area contributed by atoms with E-state index in [0.717, 1.165) is 24.3 Å². The van der Waals surface area contributed by atoms with E-state index in [-0.39, 0.29) is 12.4 Å². The fourth-order valence-corrected chi connectivity index (χ4v) is 3.03. The number of piperidine rings is 1. The number of likely N-dealkylation sites (tertiary alicyclic amines) is 1. The van der Waals surface area contributed by atoms with Gasteiger partial charge < -0.3 is 10.1 Å². The molecule has 0 aromatic heterocycles. The van der Waals surface area contributed by atoms with Gasteiger partial charge in [0.15, 0.2) is 0 Å². The van der Waals surface area contributed by atoms with Crippen LogP contribution >= 0.6 is 12.4 Å². The van der Waals surface area contributed by atoms with Gasteiger partial charge in [-0.05, 0) is 57.3 Å². The minimum Gasteiger partial charge on any atom is -0.496 e. The lowest BCUT2D eigenvalue weighted by molar-refractivity contribution is 0.188. The third kappa shape index (κ3) is 4.87. The number of nitrogens with zero attached hydrogens (tertiary/aromatic N) is 1. The molecule has 1 heterocycles. The number of ether oxygens (including phenoxy) is 1. The first-order valence-electron chi connectivity index (χ1n) is 7.93. The smallest absolute Gasteiger partial charge is 0.123 e. The number of nitrogens with one attached hydrogen (secondary N) is 1. The van der Waals surface area contributed by atoms with Crippen LogP contribution in [0.5, 0.6) is 5.75 Å². The summed E-state index contributed by atoms with van der Waals surface area (Å²) in [4.78, 5) is 2.55. The van der Waals surface area contributed by atoms with Gasteiger partial charge in [0, 0.05) is 18.2 Å². The minimum absolute atomic E-state index is 0. The second-order valence-corrected chi connectivity index (χ2v) is 6.21. The molecule has 0 radical (unpaired) electrons. The molecule has 1 aliphatic carbocycles. The van der Waals surface area contributed by atoms with Crippen LogP contribution in [0, 0.1) is 5.92 Å². The maximum Gasteiger partial charge on any atom is 0.123 e. The zero-order valence-corrected chi connectivity index (χ0v) is 13.7. The van der Waals surface area contributed by atoms with E-state index in [1.54, 1.807) is 7.11 Å². The number of benzene rings is 1. The Hall–Kier alpha value is -0.770. The molecule has 3 nitrogen and oxygen atoms in total. The van der Waals surface area contributed by atoms with Crippen molar-refractivity contribution in [1.82, 2.24) is 10.2 Å². The van der Waals surface area contributed by atoms with Crippen molar-refractivity contribution in [2.75, 3.05) is 26.7 Å². The Morgan fingerprint density at radius 2 is 1.86 bits per heavy atom. The number of hydrogen-bond donors (Lipinski definition) is 1. The van der Waals surface area contributed by atoms with E-state index < -0.39 is 0 Å². The number of rotatable bonds is 6. The SMILES string of the molecule is COc1ccccc1CN1CCC(NCC2CC2)CC1.Cl. The average molecular weight is 311 g/mol. The molecule has 1 saturated carbocycles. The lowest BCUT2D eigenvalue weighted by Gasteiger charge is -2.32. The molecule has 0 atom stereocenters. The highest BCUT2D eigenvalue weighted by molar-refractivity contribution is 5.85. The highest BCUT2D eigenvalue weighted by Crippen LogP contribution is 2.28. The van der Waals surface area contributed by atoms with Gasteiger partial charge in [-0.3, -0.25) is 4.90 Å². The van der Waals surface area contributed by atoms with Crippen molar-refractivity contribution in [3.8, 4) is 5.75 Å². The molecule has 3 rings (SSSR count). The summed E-state index contributed by atoms with van der Waals surface area (Å²) in [6.45, 7) is 4.65. The van der Waals surface area contributed by atoms with Gasteiger partial charge in [0.25, 0.3) is 0 Å². The van der Waals surface area contributed by atoms with Crippen molar-refractivity contribution in [3.05, 3.63) is 29.8 Å². The fourth-order valence-electron chi connectivity index (χ4n) is 3.03. The molecule has 0 bridgehead atoms. The van der Waals surface area contributed by atoms with Crippen molar-refractivity contribution in [2.24, 2.45) is 5.92 Å². The van der Waals surface area contributed by atoms with Crippen molar-refractivity contribution in [2.45, 2.75) is 38.3 Å². The first-order valence-corrected chi connectivity index (χ1v) is 7.93. The summed E-state index contributed by atoms with van der Waals surface area (Å²) in [6.07, 6.45) is 5.45. The third-order valence-corrected chi connectivity index (χ3v) is 4.57. The standard InChI is InChI=1S/C17H26N2O.ClH/c1-20-17-5-3-2-4-15(17)13-19-10-8-16(9-11-19)18-12-14-6-7-14;/h2-5,14,16,18H,6-13H2,1H3;1H. The first-order chi connectivity index (χ1) is 9.85. The molecule has 21 heavy (non-hydrogen) atoms. The highest BCUT2D eigenvalue weighted by Gasteiger charge is 2.24. The molecule has 0 amide bonds. The van der Waals surface area contributed by atoms with Crippen LogP contribution in [0.4, 0.5) is 0 Å². The molecular weight excluding hydrogens is 284 g/mol. The van der Waals surface area contributed by atoms with Gasteiger partial charge in [-0.25, -0.2) is 0 Å². The van der Waals surface area contributed by atoms with Crippen molar-refractivity contribution in [1.29, 1.82) is 0 Å². The summed E-state index contributed by atoms with van der Waals surface area (Å²) in [5.41, 5.74) is 1.30. The molecule has 1 aromatic rings. The predicted molar refractivity (Wildman–Crippen MR) is 89.3 cm³/mol. The summed E-state index contributed by atoms with van der Waals surface area (Å²) in [5.74, 6) is 2.00. The zero-order chi connectivity index (χ0) is 13.8. The Kier molecular flexibility index (Phi) is 6.34. The lowest BCUT2D eigenvalue weighted by Crippen LogP contribution is -2.42. The van der Waals surface area contributed by atoms with Crippen LogP contribution in [0.25, 0.3) is 0 Å². The molecule has 4 heteroatoms. The van der Waals surface area contributed by atoms with E-state index >= 15 is 0 Å². The summed E-state index contributed by atoms with van der Waals surface area (Å²) >= 11 is 0. The van der Waals surface area contributed by atoms with Crippen LogP contribution in [-0.4, -0.2) is 37.7 Å². The van der Waals surface area contributed by atoms with Crippen molar-refractivity contribution in [3.63, 3.8) is 0 Å². The maximum atomic E-state index is 5.44. The van der Waals surface area contributed by atoms with E-state index in [1.165, 1.54) is 50.9 Å². The fraction of sp³-hybridized carbons (Fsp3) is 0.647. The number of hydrogen-bond acceptors (Lipinski definition) is 3. The first kappa shape index (κ1) is 16.6. The number of halogens is 1. The second kappa shape index (κ2) is 8.02. The molecule has 0 spiro atoms. The average Bonchev–Trinajstić information content (AvgIpc) is 3.31. The quantitative estimate of drug-likeness (QED) is 0.874. The molecule has 1 aliphatic heterocycles. The van der Waals surface area contributed by atoms with Gasteiger partial charge >= 0.3 is 0 Å². The topological polar surface area (TPSA) is 24.5 Å². The van der Waals surface area contributed by atoms with E-state index in [4.69, 9.17) is 4.74 Å². The number of para-hydroxylation sites is 1. The molecular formula is C17H27ClN2O. The molecule has 1 saturated heterocycles. The molecule has 1 N–H and O–H groups in total. The number of methoxy groups -OCH3 is 1. The van der Waals surface area contributed by atoms with Gasteiger partial charge in [-0.1, -0.05) is 18.2 Å². The molecule has 2 fully saturated rings. The Labute approximate surface area is 134 Å². The Morgan fingerprint density at radius 3 is 2.52 bits per heavy atom. The largest absolute Gasteiger partial charge is 0.496 e. The van der Waals surface area contributed by atoms with E-state index in [9.17, 15) is 0 Å². The Morgan fingerprint density at radius 1 is 1.14 bits per heavy atom. The summed E-state index contributed by atoms with van der Waals surface area (Å²) < 4.78 is 5.44. The minimum atomic E-state index is 0. The zero-order valence-electron chi connectivity index (χ0n) is 12.9. The normalized spacial score (nSPS) is 20.0. The monoisotopic (exact) mass is 310 g/mol. The van der Waals surface area contributed by atoms with Crippen LogP contribution in [0.2, 0.25) is 0 Å². The van der Waals surface area contributed by atoms with E-state index in [1.807, 2.05) is 6.07 Å². The van der Waals surface area contributed by atoms with Crippen LogP contribution in [0.15, 0.2) is 24.3 Å². The summed E-state index contributed by atoms with van der Waals surface area (Å²) in [6, 6.07) is 9.11. The van der Waals surface area contributed by atoms with Gasteiger partial charge in [0.2, 0.25) is 0 Å². The van der Waals surface area contributed by atoms with Gasteiger partial charge in [-0.15, -0.1) is 12.4 Å². The molecule has 1 aromatic carbocycles. The van der Waals surface area contributed by atoms with E-state index in [2.05, 4.69) is 28.4 Å². The Bertz CT molecular complexity index is 429. The predicted octanol–water partition coefficient (Wildman–Crippen LogP) is 3.08. The van der Waals surface area contributed by atoms with Crippen LogP contribution in [0.3, 0.4) is 0 Å². The van der Waals surface area contributed by atoms with Gasteiger partial charge in [0.1, 0.15) is 5.75 Å². The maximum absolute atomic E-state index is 5.44. The Balaban J connectivity index is 0.00000161. The molecule has 2 aliphatic rings. The second-order valence-electron chi connectivity index (χ2n) is 6.21.